The third kappa shape index (κ3) is 4.02. The van der Waals surface area contributed by atoms with E-state index in [1.54, 1.807) is 0 Å². The molecule has 1 aromatic rings. The second kappa shape index (κ2) is 7.01. The van der Waals surface area contributed by atoms with Crippen LogP contribution in [0.5, 0.6) is 0 Å². The summed E-state index contributed by atoms with van der Waals surface area (Å²) in [5.74, 6) is 1.34. The maximum atomic E-state index is 12.2. The number of carbonyl (C=O) groups is 1. The molecule has 1 aliphatic heterocycles. The van der Waals surface area contributed by atoms with E-state index >= 15 is 0 Å². The number of piperidine rings is 1. The number of halogens is 1. The van der Waals surface area contributed by atoms with Crippen LogP contribution in [0.25, 0.3) is 0 Å². The quantitative estimate of drug-likeness (QED) is 0.896. The van der Waals surface area contributed by atoms with E-state index < -0.39 is 6.10 Å². The van der Waals surface area contributed by atoms with Gasteiger partial charge in [0.1, 0.15) is 0 Å². The first-order chi connectivity index (χ1) is 10.6. The summed E-state index contributed by atoms with van der Waals surface area (Å²) in [4.78, 5) is 14.1. The summed E-state index contributed by atoms with van der Waals surface area (Å²) in [5, 5.41) is 11.2. The second-order valence-corrected chi connectivity index (χ2v) is 7.13. The van der Waals surface area contributed by atoms with Gasteiger partial charge < -0.3 is 10.0 Å². The molecule has 1 atom stereocenters. The van der Waals surface area contributed by atoms with E-state index in [1.807, 2.05) is 29.2 Å². The number of hydrogen-bond acceptors (Lipinski definition) is 2. The van der Waals surface area contributed by atoms with E-state index in [0.29, 0.717) is 17.4 Å². The zero-order valence-electron chi connectivity index (χ0n) is 12.9. The maximum absolute atomic E-state index is 12.2. The van der Waals surface area contributed by atoms with Crippen molar-refractivity contribution in [2.24, 2.45) is 11.8 Å². The standard InChI is InChI=1S/C18H24ClNO2/c19-16-6-4-14(5-7-16)18(22)15-9-11-20(12-10-15)17(21)8-3-13-1-2-13/h4-7,13,15,18,22H,1-3,8-12H2. The van der Waals surface area contributed by atoms with Crippen molar-refractivity contribution in [2.45, 2.75) is 44.6 Å². The van der Waals surface area contributed by atoms with E-state index in [2.05, 4.69) is 0 Å². The minimum absolute atomic E-state index is 0.230. The molecule has 4 heteroatoms. The molecule has 1 heterocycles. The van der Waals surface area contributed by atoms with Crippen LogP contribution >= 0.6 is 11.6 Å². The van der Waals surface area contributed by atoms with Crippen molar-refractivity contribution in [2.75, 3.05) is 13.1 Å². The summed E-state index contributed by atoms with van der Waals surface area (Å²) >= 11 is 5.89. The molecule has 3 rings (SSSR count). The smallest absolute Gasteiger partial charge is 0.222 e. The minimum atomic E-state index is -0.457. The van der Waals surface area contributed by atoms with Gasteiger partial charge in [-0.05, 0) is 48.8 Å². The fraction of sp³-hybridized carbons (Fsp3) is 0.611. The summed E-state index contributed by atoms with van der Waals surface area (Å²) < 4.78 is 0. The van der Waals surface area contributed by atoms with Crippen LogP contribution in [0.15, 0.2) is 24.3 Å². The number of likely N-dealkylation sites (tertiary alicyclic amines) is 1. The predicted molar refractivity (Wildman–Crippen MR) is 87.7 cm³/mol. The monoisotopic (exact) mass is 321 g/mol. The molecule has 1 saturated carbocycles. The van der Waals surface area contributed by atoms with Crippen molar-refractivity contribution < 1.29 is 9.90 Å². The van der Waals surface area contributed by atoms with Gasteiger partial charge in [0.2, 0.25) is 5.91 Å². The summed E-state index contributed by atoms with van der Waals surface area (Å²) in [6, 6.07) is 7.41. The third-order valence-corrected chi connectivity index (χ3v) is 5.27. The van der Waals surface area contributed by atoms with E-state index in [0.717, 1.165) is 43.8 Å². The lowest BCUT2D eigenvalue weighted by molar-refractivity contribution is -0.133. The van der Waals surface area contributed by atoms with Crippen molar-refractivity contribution in [3.8, 4) is 0 Å². The van der Waals surface area contributed by atoms with Gasteiger partial charge >= 0.3 is 0 Å². The van der Waals surface area contributed by atoms with Crippen molar-refractivity contribution in [3.05, 3.63) is 34.9 Å². The Kier molecular flexibility index (Phi) is 5.04. The molecule has 120 valence electrons. The largest absolute Gasteiger partial charge is 0.388 e. The molecular formula is C18H24ClNO2. The first kappa shape index (κ1) is 15.8. The molecule has 0 aromatic heterocycles. The zero-order valence-corrected chi connectivity index (χ0v) is 13.6. The van der Waals surface area contributed by atoms with Gasteiger partial charge in [0.05, 0.1) is 6.10 Å². The number of aliphatic hydroxyl groups is 1. The van der Waals surface area contributed by atoms with E-state index in [1.165, 1.54) is 12.8 Å². The van der Waals surface area contributed by atoms with Gasteiger partial charge in [-0.25, -0.2) is 0 Å². The summed E-state index contributed by atoms with van der Waals surface area (Å²) in [7, 11) is 0. The molecule has 3 nitrogen and oxygen atoms in total. The Morgan fingerprint density at radius 2 is 1.82 bits per heavy atom. The van der Waals surface area contributed by atoms with Crippen LogP contribution < -0.4 is 0 Å². The number of aliphatic hydroxyl groups excluding tert-OH is 1. The Bertz CT molecular complexity index is 504. The molecule has 1 unspecified atom stereocenters. The molecule has 0 spiro atoms. The maximum Gasteiger partial charge on any atom is 0.222 e. The average molecular weight is 322 g/mol. The fourth-order valence-corrected chi connectivity index (χ4v) is 3.41. The van der Waals surface area contributed by atoms with Crippen LogP contribution in [0.1, 0.15) is 50.2 Å². The molecule has 2 aliphatic rings. The summed E-state index contributed by atoms with van der Waals surface area (Å²) in [6.45, 7) is 1.55. The Labute approximate surface area is 137 Å². The minimum Gasteiger partial charge on any atom is -0.388 e. The van der Waals surface area contributed by atoms with Crippen LogP contribution in [-0.4, -0.2) is 29.0 Å². The van der Waals surface area contributed by atoms with Gasteiger partial charge in [0, 0.05) is 24.5 Å². The Morgan fingerprint density at radius 3 is 2.41 bits per heavy atom. The highest BCUT2D eigenvalue weighted by Gasteiger charge is 2.29. The molecule has 0 bridgehead atoms. The van der Waals surface area contributed by atoms with Gasteiger partial charge in [-0.2, -0.15) is 0 Å². The predicted octanol–water partition coefficient (Wildman–Crippen LogP) is 3.80. The zero-order chi connectivity index (χ0) is 15.5. The first-order valence-electron chi connectivity index (χ1n) is 8.35. The highest BCUT2D eigenvalue weighted by molar-refractivity contribution is 6.30. The number of benzene rings is 1. The first-order valence-corrected chi connectivity index (χ1v) is 8.72. The van der Waals surface area contributed by atoms with Crippen LogP contribution in [0.4, 0.5) is 0 Å². The van der Waals surface area contributed by atoms with Gasteiger partial charge in [-0.15, -0.1) is 0 Å². The number of carbonyl (C=O) groups excluding carboxylic acids is 1. The summed E-state index contributed by atoms with van der Waals surface area (Å²) in [6.07, 6.45) is 5.67. The van der Waals surface area contributed by atoms with Crippen molar-refractivity contribution >= 4 is 17.5 Å². The third-order valence-electron chi connectivity index (χ3n) is 5.01. The second-order valence-electron chi connectivity index (χ2n) is 6.70. The van der Waals surface area contributed by atoms with Gasteiger partial charge in [0.15, 0.2) is 0 Å². The Hall–Kier alpha value is -1.06. The molecule has 1 aliphatic carbocycles. The van der Waals surface area contributed by atoms with E-state index in [4.69, 9.17) is 11.6 Å². The Balaban J connectivity index is 1.47. The van der Waals surface area contributed by atoms with Crippen LogP contribution in [0.3, 0.4) is 0 Å². The van der Waals surface area contributed by atoms with Gasteiger partial charge in [-0.1, -0.05) is 36.6 Å². The highest BCUT2D eigenvalue weighted by atomic mass is 35.5. The van der Waals surface area contributed by atoms with Gasteiger partial charge in [0.25, 0.3) is 0 Å². The van der Waals surface area contributed by atoms with Crippen molar-refractivity contribution in [3.63, 3.8) is 0 Å². The SMILES string of the molecule is O=C(CCC1CC1)N1CCC(C(O)c2ccc(Cl)cc2)CC1. The number of rotatable bonds is 5. The van der Waals surface area contributed by atoms with E-state index in [-0.39, 0.29) is 5.92 Å². The topological polar surface area (TPSA) is 40.5 Å². The molecule has 1 aromatic carbocycles. The number of amides is 1. The normalized spacial score (nSPS) is 20.9. The fourth-order valence-electron chi connectivity index (χ4n) is 3.29. The van der Waals surface area contributed by atoms with Crippen LogP contribution in [-0.2, 0) is 4.79 Å². The van der Waals surface area contributed by atoms with Gasteiger partial charge in [-0.3, -0.25) is 4.79 Å². The summed E-state index contributed by atoms with van der Waals surface area (Å²) in [5.41, 5.74) is 0.919. The lowest BCUT2D eigenvalue weighted by Gasteiger charge is -2.34. The molecule has 1 amide bonds. The highest BCUT2D eigenvalue weighted by Crippen LogP contribution is 2.34. The molecular weight excluding hydrogens is 298 g/mol. The van der Waals surface area contributed by atoms with Crippen LogP contribution in [0, 0.1) is 11.8 Å². The molecule has 22 heavy (non-hydrogen) atoms. The van der Waals surface area contributed by atoms with Crippen LogP contribution in [0.2, 0.25) is 5.02 Å². The number of hydrogen-bond donors (Lipinski definition) is 1. The van der Waals surface area contributed by atoms with Crippen molar-refractivity contribution in [1.29, 1.82) is 0 Å². The van der Waals surface area contributed by atoms with Crippen molar-refractivity contribution in [1.82, 2.24) is 4.90 Å². The lowest BCUT2D eigenvalue weighted by atomic mass is 9.87. The molecule has 1 saturated heterocycles. The van der Waals surface area contributed by atoms with E-state index in [9.17, 15) is 9.90 Å². The average Bonchev–Trinajstić information content (AvgIpc) is 3.37. The molecule has 1 N–H and O–H groups in total. The number of nitrogens with zero attached hydrogens (tertiary/aromatic N) is 1. The molecule has 0 radical (unpaired) electrons. The molecule has 2 fully saturated rings. The lowest BCUT2D eigenvalue weighted by Crippen LogP contribution is -2.39. The Morgan fingerprint density at radius 1 is 1.18 bits per heavy atom.